The van der Waals surface area contributed by atoms with Gasteiger partial charge in [-0.25, -0.2) is 0 Å². The van der Waals surface area contributed by atoms with Gasteiger partial charge in [0.05, 0.1) is 6.54 Å². The second kappa shape index (κ2) is 9.47. The topological polar surface area (TPSA) is 71.7 Å². The van der Waals surface area contributed by atoms with Crippen LogP contribution >= 0.6 is 0 Å². The average Bonchev–Trinajstić information content (AvgIpc) is 2.90. The van der Waals surface area contributed by atoms with E-state index in [1.807, 2.05) is 13.0 Å². The zero-order chi connectivity index (χ0) is 13.1. The molecule has 6 heteroatoms. The Morgan fingerprint density at radius 2 is 2.33 bits per heavy atom. The summed E-state index contributed by atoms with van der Waals surface area (Å²) in [5.74, 6) is 0.773. The quantitative estimate of drug-likeness (QED) is 0.414. The molecule has 0 aliphatic rings. The van der Waals surface area contributed by atoms with E-state index in [0.717, 1.165) is 44.3 Å². The number of ether oxygens (including phenoxy) is 1. The van der Waals surface area contributed by atoms with Crippen LogP contribution in [-0.2, 0) is 11.3 Å². The molecular weight excluding hydrogens is 232 g/mol. The predicted molar refractivity (Wildman–Crippen MR) is 70.4 cm³/mol. The number of aliphatic imine (C=N–C) groups is 1. The summed E-state index contributed by atoms with van der Waals surface area (Å²) in [6.07, 6.45) is 3.67. The highest BCUT2D eigenvalue weighted by atomic mass is 16.5. The van der Waals surface area contributed by atoms with Crippen LogP contribution in [0.3, 0.4) is 0 Å². The molecule has 0 saturated heterocycles. The second-order valence-electron chi connectivity index (χ2n) is 3.75. The van der Waals surface area contributed by atoms with Gasteiger partial charge >= 0.3 is 0 Å². The van der Waals surface area contributed by atoms with E-state index in [9.17, 15) is 0 Å². The van der Waals surface area contributed by atoms with E-state index < -0.39 is 0 Å². The number of rotatable bonds is 8. The van der Waals surface area contributed by atoms with Gasteiger partial charge in [-0.2, -0.15) is 0 Å². The van der Waals surface area contributed by atoms with Crippen LogP contribution in [0.2, 0.25) is 0 Å². The fourth-order valence-corrected chi connectivity index (χ4v) is 1.40. The van der Waals surface area contributed by atoms with Gasteiger partial charge < -0.3 is 19.9 Å². The molecule has 102 valence electrons. The molecule has 0 saturated carbocycles. The largest absolute Gasteiger partial charge is 0.382 e. The van der Waals surface area contributed by atoms with Gasteiger partial charge in [-0.1, -0.05) is 5.16 Å². The fraction of sp³-hybridized carbons (Fsp3) is 0.667. The van der Waals surface area contributed by atoms with E-state index in [0.29, 0.717) is 6.54 Å². The summed E-state index contributed by atoms with van der Waals surface area (Å²) in [5.41, 5.74) is 0.856. The Kier molecular flexibility index (Phi) is 7.63. The van der Waals surface area contributed by atoms with Crippen LogP contribution in [-0.4, -0.2) is 37.9 Å². The van der Waals surface area contributed by atoms with Crippen molar-refractivity contribution in [3.05, 3.63) is 18.0 Å². The number of unbranched alkanes of at least 4 members (excludes halogenated alkanes) is 1. The number of nitrogens with one attached hydrogen (secondary N) is 2. The molecule has 0 aliphatic carbocycles. The molecule has 0 atom stereocenters. The highest BCUT2D eigenvalue weighted by molar-refractivity contribution is 5.79. The monoisotopic (exact) mass is 254 g/mol. The second-order valence-corrected chi connectivity index (χ2v) is 3.75. The van der Waals surface area contributed by atoms with Gasteiger partial charge in [0.1, 0.15) is 12.0 Å². The standard InChI is InChI=1S/C12H22N4O2/c1-3-17-8-5-4-7-14-12(13-2)15-10-11-6-9-18-16-11/h6,9H,3-5,7-8,10H2,1-2H3,(H2,13,14,15). The number of hydrogen-bond donors (Lipinski definition) is 2. The van der Waals surface area contributed by atoms with Gasteiger partial charge in [-0.15, -0.1) is 0 Å². The van der Waals surface area contributed by atoms with Crippen molar-refractivity contribution in [3.63, 3.8) is 0 Å². The molecule has 0 amide bonds. The molecule has 1 rings (SSSR count). The predicted octanol–water partition coefficient (Wildman–Crippen LogP) is 1.16. The Morgan fingerprint density at radius 3 is 3.00 bits per heavy atom. The minimum Gasteiger partial charge on any atom is -0.382 e. The van der Waals surface area contributed by atoms with Crippen molar-refractivity contribution < 1.29 is 9.26 Å². The fourth-order valence-electron chi connectivity index (χ4n) is 1.40. The van der Waals surface area contributed by atoms with Crippen LogP contribution in [0.1, 0.15) is 25.5 Å². The third-order valence-corrected chi connectivity index (χ3v) is 2.36. The van der Waals surface area contributed by atoms with Gasteiger partial charge in [0.15, 0.2) is 5.96 Å². The molecule has 0 bridgehead atoms. The first kappa shape index (κ1) is 14.5. The molecule has 18 heavy (non-hydrogen) atoms. The number of aromatic nitrogens is 1. The molecule has 6 nitrogen and oxygen atoms in total. The van der Waals surface area contributed by atoms with Crippen molar-refractivity contribution in [1.29, 1.82) is 0 Å². The Labute approximate surface area is 108 Å². The zero-order valence-electron chi connectivity index (χ0n) is 11.1. The minimum atomic E-state index is 0.606. The molecule has 0 fully saturated rings. The van der Waals surface area contributed by atoms with E-state index in [4.69, 9.17) is 9.26 Å². The van der Waals surface area contributed by atoms with Crippen molar-refractivity contribution in [2.45, 2.75) is 26.3 Å². The third-order valence-electron chi connectivity index (χ3n) is 2.36. The highest BCUT2D eigenvalue weighted by Crippen LogP contribution is 1.93. The lowest BCUT2D eigenvalue weighted by molar-refractivity contribution is 0.143. The van der Waals surface area contributed by atoms with E-state index in [1.165, 1.54) is 0 Å². The van der Waals surface area contributed by atoms with Crippen molar-refractivity contribution in [1.82, 2.24) is 15.8 Å². The summed E-state index contributed by atoms with van der Waals surface area (Å²) in [6, 6.07) is 1.82. The molecule has 0 radical (unpaired) electrons. The Balaban J connectivity index is 2.07. The molecule has 0 unspecified atom stereocenters. The van der Waals surface area contributed by atoms with E-state index in [1.54, 1.807) is 13.3 Å². The van der Waals surface area contributed by atoms with Crippen LogP contribution in [0.4, 0.5) is 0 Å². The highest BCUT2D eigenvalue weighted by Gasteiger charge is 1.99. The molecule has 1 aromatic heterocycles. The number of hydrogen-bond acceptors (Lipinski definition) is 4. The van der Waals surface area contributed by atoms with E-state index >= 15 is 0 Å². The maximum Gasteiger partial charge on any atom is 0.191 e. The summed E-state index contributed by atoms with van der Waals surface area (Å²) in [4.78, 5) is 4.13. The Morgan fingerprint density at radius 1 is 1.44 bits per heavy atom. The van der Waals surface area contributed by atoms with Crippen LogP contribution in [0.5, 0.6) is 0 Å². The van der Waals surface area contributed by atoms with Crippen molar-refractivity contribution in [2.75, 3.05) is 26.8 Å². The molecule has 0 aromatic carbocycles. The van der Waals surface area contributed by atoms with Gasteiger partial charge in [0.25, 0.3) is 0 Å². The minimum absolute atomic E-state index is 0.606. The first-order valence-corrected chi connectivity index (χ1v) is 6.28. The lowest BCUT2D eigenvalue weighted by atomic mass is 10.3. The Bertz CT molecular complexity index is 325. The van der Waals surface area contributed by atoms with E-state index in [2.05, 4.69) is 20.8 Å². The summed E-state index contributed by atoms with van der Waals surface area (Å²) in [5, 5.41) is 10.2. The normalized spacial score (nSPS) is 11.6. The van der Waals surface area contributed by atoms with Crippen molar-refractivity contribution in [2.24, 2.45) is 4.99 Å². The van der Waals surface area contributed by atoms with Crippen LogP contribution in [0.25, 0.3) is 0 Å². The van der Waals surface area contributed by atoms with E-state index in [-0.39, 0.29) is 0 Å². The third kappa shape index (κ3) is 6.24. The first-order valence-electron chi connectivity index (χ1n) is 6.28. The lowest BCUT2D eigenvalue weighted by Gasteiger charge is -2.10. The summed E-state index contributed by atoms with van der Waals surface area (Å²) in [7, 11) is 1.75. The van der Waals surface area contributed by atoms with Gasteiger partial charge in [-0.05, 0) is 19.8 Å². The first-order chi connectivity index (χ1) is 8.86. The van der Waals surface area contributed by atoms with Crippen molar-refractivity contribution in [3.8, 4) is 0 Å². The van der Waals surface area contributed by atoms with Gasteiger partial charge in [0, 0.05) is 32.9 Å². The summed E-state index contributed by atoms with van der Waals surface area (Å²) < 4.78 is 10.0. The smallest absolute Gasteiger partial charge is 0.191 e. The van der Waals surface area contributed by atoms with Crippen LogP contribution in [0.15, 0.2) is 21.8 Å². The zero-order valence-corrected chi connectivity index (χ0v) is 11.1. The molecular formula is C12H22N4O2. The molecule has 1 heterocycles. The van der Waals surface area contributed by atoms with Crippen LogP contribution < -0.4 is 10.6 Å². The number of nitrogens with zero attached hydrogens (tertiary/aromatic N) is 2. The summed E-state index contributed by atoms with van der Waals surface area (Å²) in [6.45, 7) is 5.10. The molecule has 2 N–H and O–H groups in total. The summed E-state index contributed by atoms with van der Waals surface area (Å²) >= 11 is 0. The van der Waals surface area contributed by atoms with Crippen LogP contribution in [0, 0.1) is 0 Å². The lowest BCUT2D eigenvalue weighted by Crippen LogP contribution is -2.37. The SMILES string of the molecule is CCOCCCCNC(=NC)NCc1ccon1. The average molecular weight is 254 g/mol. The van der Waals surface area contributed by atoms with Crippen molar-refractivity contribution >= 4 is 5.96 Å². The molecule has 0 aliphatic heterocycles. The number of guanidine groups is 1. The Hall–Kier alpha value is -1.56. The maximum atomic E-state index is 5.27. The molecule has 1 aromatic rings. The maximum absolute atomic E-state index is 5.27. The van der Waals surface area contributed by atoms with Gasteiger partial charge in [0.2, 0.25) is 0 Å². The molecule has 0 spiro atoms. The van der Waals surface area contributed by atoms with Gasteiger partial charge in [-0.3, -0.25) is 4.99 Å².